The van der Waals surface area contributed by atoms with Gasteiger partial charge in [-0.05, 0) is 32.6 Å². The smallest absolute Gasteiger partial charge is 0.0706 e. The van der Waals surface area contributed by atoms with Crippen LogP contribution in [0.2, 0.25) is 0 Å². The highest BCUT2D eigenvalue weighted by Gasteiger charge is 2.31. The number of piperidine rings is 1. The molecule has 0 bridgehead atoms. The van der Waals surface area contributed by atoms with Crippen LogP contribution in [0.5, 0.6) is 0 Å². The molecule has 0 aromatic rings. The average molecular weight is 242 g/mol. The average Bonchev–Trinajstić information content (AvgIpc) is 2.75. The first-order chi connectivity index (χ1) is 8.22. The van der Waals surface area contributed by atoms with Gasteiger partial charge in [0.25, 0.3) is 0 Å². The molecule has 2 rings (SSSR count). The van der Waals surface area contributed by atoms with E-state index < -0.39 is 0 Å². The summed E-state index contributed by atoms with van der Waals surface area (Å²) in [5, 5.41) is 0. The molecule has 0 radical (unpaired) electrons. The molecule has 0 saturated carbocycles. The Bertz CT molecular complexity index is 237. The fourth-order valence-corrected chi connectivity index (χ4v) is 3.04. The van der Waals surface area contributed by atoms with E-state index in [4.69, 9.17) is 15.2 Å². The van der Waals surface area contributed by atoms with Gasteiger partial charge in [0.05, 0.1) is 18.3 Å². The van der Waals surface area contributed by atoms with Gasteiger partial charge in [-0.15, -0.1) is 0 Å². The molecule has 2 aliphatic rings. The molecule has 0 amide bonds. The maximum absolute atomic E-state index is 5.90. The number of methoxy groups -OCH3 is 1. The quantitative estimate of drug-likeness (QED) is 0.799. The first-order valence-electron chi connectivity index (χ1n) is 6.85. The molecular formula is C13H26N2O2. The van der Waals surface area contributed by atoms with Crippen molar-refractivity contribution in [2.45, 2.75) is 57.0 Å². The summed E-state index contributed by atoms with van der Waals surface area (Å²) in [6.45, 7) is 5.02. The van der Waals surface area contributed by atoms with Gasteiger partial charge in [-0.3, -0.25) is 4.90 Å². The maximum atomic E-state index is 5.90. The SMILES string of the molecule is COC1CCN(CC2CCC(C)O2)C(CN)C1. The van der Waals surface area contributed by atoms with Gasteiger partial charge in [-0.2, -0.15) is 0 Å². The second-order valence-corrected chi connectivity index (χ2v) is 5.41. The van der Waals surface area contributed by atoms with E-state index in [0.717, 1.165) is 32.5 Å². The minimum atomic E-state index is 0.392. The molecular weight excluding hydrogens is 216 g/mol. The maximum Gasteiger partial charge on any atom is 0.0706 e. The lowest BCUT2D eigenvalue weighted by molar-refractivity contribution is -0.0197. The van der Waals surface area contributed by atoms with Crippen LogP contribution >= 0.6 is 0 Å². The summed E-state index contributed by atoms with van der Waals surface area (Å²) in [4.78, 5) is 2.50. The number of nitrogens with zero attached hydrogens (tertiary/aromatic N) is 1. The summed E-state index contributed by atoms with van der Waals surface area (Å²) in [5.41, 5.74) is 5.87. The predicted octanol–water partition coefficient (Wildman–Crippen LogP) is 0.992. The van der Waals surface area contributed by atoms with E-state index in [9.17, 15) is 0 Å². The lowest BCUT2D eigenvalue weighted by atomic mass is 9.98. The third-order valence-electron chi connectivity index (χ3n) is 4.15. The van der Waals surface area contributed by atoms with Gasteiger partial charge in [0, 0.05) is 32.8 Å². The summed E-state index contributed by atoms with van der Waals surface area (Å²) < 4.78 is 11.3. The van der Waals surface area contributed by atoms with Gasteiger partial charge in [0.15, 0.2) is 0 Å². The summed E-state index contributed by atoms with van der Waals surface area (Å²) in [7, 11) is 1.80. The molecule has 0 aromatic heterocycles. The molecule has 4 atom stereocenters. The Morgan fingerprint density at radius 3 is 2.76 bits per heavy atom. The molecule has 0 spiro atoms. The van der Waals surface area contributed by atoms with Crippen LogP contribution in [0.15, 0.2) is 0 Å². The number of ether oxygens (including phenoxy) is 2. The minimum absolute atomic E-state index is 0.392. The summed E-state index contributed by atoms with van der Waals surface area (Å²) >= 11 is 0. The van der Waals surface area contributed by atoms with E-state index in [1.54, 1.807) is 7.11 Å². The highest BCUT2D eigenvalue weighted by molar-refractivity contribution is 4.85. The van der Waals surface area contributed by atoms with Gasteiger partial charge in [-0.25, -0.2) is 0 Å². The van der Waals surface area contributed by atoms with Gasteiger partial charge < -0.3 is 15.2 Å². The van der Waals surface area contributed by atoms with Crippen molar-refractivity contribution < 1.29 is 9.47 Å². The number of hydrogen-bond donors (Lipinski definition) is 1. The Labute approximate surface area is 104 Å². The van der Waals surface area contributed by atoms with Crippen molar-refractivity contribution >= 4 is 0 Å². The first kappa shape index (κ1) is 13.3. The van der Waals surface area contributed by atoms with Crippen LogP contribution in [0.1, 0.15) is 32.6 Å². The Balaban J connectivity index is 1.83. The standard InChI is InChI=1S/C13H26N2O2/c1-10-3-4-13(17-10)9-15-6-5-12(16-2)7-11(15)8-14/h10-13H,3-9,14H2,1-2H3. The predicted molar refractivity (Wildman–Crippen MR) is 68.0 cm³/mol. The van der Waals surface area contributed by atoms with Gasteiger partial charge in [0.1, 0.15) is 0 Å². The monoisotopic (exact) mass is 242 g/mol. The molecule has 2 N–H and O–H groups in total. The third kappa shape index (κ3) is 3.41. The van der Waals surface area contributed by atoms with E-state index in [1.807, 2.05) is 0 Å². The van der Waals surface area contributed by atoms with Crippen molar-refractivity contribution in [3.63, 3.8) is 0 Å². The zero-order chi connectivity index (χ0) is 12.3. The summed E-state index contributed by atoms with van der Waals surface area (Å²) in [5.74, 6) is 0. The van der Waals surface area contributed by atoms with E-state index in [0.29, 0.717) is 24.4 Å². The Kier molecular flexibility index (Phi) is 4.79. The molecule has 2 fully saturated rings. The molecule has 2 aliphatic heterocycles. The van der Waals surface area contributed by atoms with Crippen LogP contribution in [-0.4, -0.2) is 56.0 Å². The third-order valence-corrected chi connectivity index (χ3v) is 4.15. The Morgan fingerprint density at radius 2 is 2.18 bits per heavy atom. The van der Waals surface area contributed by atoms with Crippen LogP contribution in [0.4, 0.5) is 0 Å². The minimum Gasteiger partial charge on any atom is -0.381 e. The Morgan fingerprint density at radius 1 is 1.35 bits per heavy atom. The Hall–Kier alpha value is -0.160. The summed E-state index contributed by atoms with van der Waals surface area (Å²) in [6.07, 6.45) is 5.83. The zero-order valence-corrected chi connectivity index (χ0v) is 11.1. The number of likely N-dealkylation sites (tertiary alicyclic amines) is 1. The number of hydrogen-bond acceptors (Lipinski definition) is 4. The topological polar surface area (TPSA) is 47.7 Å². The number of rotatable bonds is 4. The highest BCUT2D eigenvalue weighted by atomic mass is 16.5. The second-order valence-electron chi connectivity index (χ2n) is 5.41. The van der Waals surface area contributed by atoms with Crippen molar-refractivity contribution in [1.82, 2.24) is 4.90 Å². The van der Waals surface area contributed by atoms with E-state index in [-0.39, 0.29) is 0 Å². The lowest BCUT2D eigenvalue weighted by Crippen LogP contribution is -2.50. The lowest BCUT2D eigenvalue weighted by Gasteiger charge is -2.39. The van der Waals surface area contributed by atoms with Crippen molar-refractivity contribution in [3.05, 3.63) is 0 Å². The molecule has 0 aromatic carbocycles. The van der Waals surface area contributed by atoms with Crippen LogP contribution < -0.4 is 5.73 Å². The van der Waals surface area contributed by atoms with E-state index in [1.165, 1.54) is 12.8 Å². The molecule has 0 aliphatic carbocycles. The highest BCUT2D eigenvalue weighted by Crippen LogP contribution is 2.24. The van der Waals surface area contributed by atoms with Gasteiger partial charge in [0.2, 0.25) is 0 Å². The van der Waals surface area contributed by atoms with E-state index in [2.05, 4.69) is 11.8 Å². The van der Waals surface area contributed by atoms with Gasteiger partial charge >= 0.3 is 0 Å². The summed E-state index contributed by atoms with van der Waals surface area (Å²) in [6, 6.07) is 0.466. The van der Waals surface area contributed by atoms with Crippen LogP contribution in [0.25, 0.3) is 0 Å². The normalized spacial score (nSPS) is 39.7. The zero-order valence-electron chi connectivity index (χ0n) is 11.1. The van der Waals surface area contributed by atoms with Crippen molar-refractivity contribution in [1.29, 1.82) is 0 Å². The van der Waals surface area contributed by atoms with E-state index >= 15 is 0 Å². The van der Waals surface area contributed by atoms with Crippen molar-refractivity contribution in [2.75, 3.05) is 26.7 Å². The molecule has 17 heavy (non-hydrogen) atoms. The molecule has 4 unspecified atom stereocenters. The van der Waals surface area contributed by atoms with Gasteiger partial charge in [-0.1, -0.05) is 0 Å². The van der Waals surface area contributed by atoms with Crippen LogP contribution in [-0.2, 0) is 9.47 Å². The van der Waals surface area contributed by atoms with Crippen molar-refractivity contribution in [3.8, 4) is 0 Å². The van der Waals surface area contributed by atoms with Crippen LogP contribution in [0.3, 0.4) is 0 Å². The first-order valence-corrected chi connectivity index (χ1v) is 6.85. The fraction of sp³-hybridized carbons (Fsp3) is 1.00. The molecule has 2 heterocycles. The second kappa shape index (κ2) is 6.14. The largest absolute Gasteiger partial charge is 0.381 e. The fourth-order valence-electron chi connectivity index (χ4n) is 3.04. The molecule has 2 saturated heterocycles. The van der Waals surface area contributed by atoms with Crippen molar-refractivity contribution in [2.24, 2.45) is 5.73 Å². The molecule has 100 valence electrons. The molecule has 4 nitrogen and oxygen atoms in total. The number of nitrogens with two attached hydrogens (primary N) is 1. The molecule has 4 heteroatoms. The van der Waals surface area contributed by atoms with Crippen LogP contribution in [0, 0.1) is 0 Å².